The topological polar surface area (TPSA) is 58.4 Å². The first-order valence-electron chi connectivity index (χ1n) is 5.63. The van der Waals surface area contributed by atoms with Gasteiger partial charge in [-0.2, -0.15) is 0 Å². The number of urea groups is 1. The van der Waals surface area contributed by atoms with E-state index in [-0.39, 0.29) is 6.03 Å². The number of anilines is 1. The van der Waals surface area contributed by atoms with E-state index in [1.54, 1.807) is 4.90 Å². The minimum absolute atomic E-state index is 0.0776. The van der Waals surface area contributed by atoms with Crippen LogP contribution in [-0.4, -0.2) is 29.0 Å². The smallest absolute Gasteiger partial charge is 0.321 e. The molecule has 5 heteroatoms. The monoisotopic (exact) mass is 249 g/mol. The summed E-state index contributed by atoms with van der Waals surface area (Å²) in [5, 5.41) is 2.85. The molecule has 0 bridgehead atoms. The zero-order chi connectivity index (χ0) is 12.3. The second-order valence-electron chi connectivity index (χ2n) is 4.03. The van der Waals surface area contributed by atoms with Gasteiger partial charge in [-0.15, -0.1) is 0 Å². The Morgan fingerprint density at radius 2 is 1.94 bits per heavy atom. The molecule has 17 heavy (non-hydrogen) atoms. The first-order valence-corrected chi connectivity index (χ1v) is 6.04. The maximum absolute atomic E-state index is 11.9. The number of carbonyl (C=O) groups excluding carboxylic acids is 1. The van der Waals surface area contributed by atoms with Crippen LogP contribution in [-0.2, 0) is 0 Å². The summed E-state index contributed by atoms with van der Waals surface area (Å²) in [7, 11) is 0. The third kappa shape index (κ3) is 2.74. The first-order chi connectivity index (χ1) is 8.18. The number of nitrogens with two attached hydrogens (primary N) is 1. The number of hydrogen-bond donors (Lipinski definition) is 2. The number of amides is 2. The van der Waals surface area contributed by atoms with Gasteiger partial charge in [-0.05, 0) is 25.0 Å². The van der Waals surface area contributed by atoms with Crippen molar-refractivity contribution in [3.8, 4) is 0 Å². The minimum atomic E-state index is -0.0776. The molecule has 0 unspecified atom stereocenters. The molecule has 0 spiro atoms. The predicted octanol–water partition coefficient (Wildman–Crippen LogP) is 1.95. The molecular weight excluding hydrogens is 234 g/mol. The van der Waals surface area contributed by atoms with Crippen molar-refractivity contribution in [2.45, 2.75) is 12.8 Å². The molecule has 1 aromatic carbocycles. The minimum Gasteiger partial charge on any atom is -0.389 e. The van der Waals surface area contributed by atoms with Crippen LogP contribution >= 0.6 is 12.2 Å². The second-order valence-corrected chi connectivity index (χ2v) is 4.47. The molecule has 0 atom stereocenters. The molecule has 0 radical (unpaired) electrons. The molecular formula is C12H15N3OS. The second kappa shape index (κ2) is 5.14. The molecule has 1 saturated heterocycles. The zero-order valence-corrected chi connectivity index (χ0v) is 10.3. The number of benzene rings is 1. The largest absolute Gasteiger partial charge is 0.389 e. The predicted molar refractivity (Wildman–Crippen MR) is 72.2 cm³/mol. The van der Waals surface area contributed by atoms with Crippen molar-refractivity contribution >= 4 is 28.9 Å². The highest BCUT2D eigenvalue weighted by molar-refractivity contribution is 7.80. The van der Waals surface area contributed by atoms with Crippen molar-refractivity contribution in [2.24, 2.45) is 5.73 Å². The third-order valence-corrected chi connectivity index (χ3v) is 3.05. The lowest BCUT2D eigenvalue weighted by atomic mass is 10.2. The molecule has 1 aromatic rings. The van der Waals surface area contributed by atoms with Gasteiger partial charge in [0.05, 0.1) is 5.69 Å². The van der Waals surface area contributed by atoms with E-state index in [0.717, 1.165) is 25.9 Å². The van der Waals surface area contributed by atoms with Crippen molar-refractivity contribution in [3.63, 3.8) is 0 Å². The Labute approximate surface area is 106 Å². The van der Waals surface area contributed by atoms with E-state index < -0.39 is 0 Å². The summed E-state index contributed by atoms with van der Waals surface area (Å²) >= 11 is 4.95. The Bertz CT molecular complexity index is 441. The van der Waals surface area contributed by atoms with Gasteiger partial charge in [0.15, 0.2) is 0 Å². The summed E-state index contributed by atoms with van der Waals surface area (Å²) < 4.78 is 0. The van der Waals surface area contributed by atoms with Crippen LogP contribution in [0.3, 0.4) is 0 Å². The molecule has 4 nitrogen and oxygen atoms in total. The number of thiocarbonyl (C=S) groups is 1. The molecule has 90 valence electrons. The molecule has 2 rings (SSSR count). The molecule has 3 N–H and O–H groups in total. The average Bonchev–Trinajstić information content (AvgIpc) is 2.83. The molecule has 1 fully saturated rings. The molecule has 0 aliphatic carbocycles. The van der Waals surface area contributed by atoms with E-state index in [2.05, 4.69) is 5.32 Å². The lowest BCUT2D eigenvalue weighted by Crippen LogP contribution is -2.32. The fourth-order valence-electron chi connectivity index (χ4n) is 1.92. The number of carbonyl (C=O) groups is 1. The van der Waals surface area contributed by atoms with Crippen molar-refractivity contribution in [1.29, 1.82) is 0 Å². The molecule has 1 heterocycles. The van der Waals surface area contributed by atoms with Crippen LogP contribution in [0.1, 0.15) is 18.4 Å². The molecule has 1 aliphatic rings. The standard InChI is InChI=1S/C12H15N3OS/c13-11(17)9-5-1-2-6-10(9)14-12(16)15-7-3-4-8-15/h1-2,5-6H,3-4,7-8H2,(H2,13,17)(H,14,16). The maximum atomic E-state index is 11.9. The fourth-order valence-corrected chi connectivity index (χ4v) is 2.10. The number of hydrogen-bond acceptors (Lipinski definition) is 2. The van der Waals surface area contributed by atoms with E-state index >= 15 is 0 Å². The Morgan fingerprint density at radius 3 is 2.59 bits per heavy atom. The van der Waals surface area contributed by atoms with E-state index in [0.29, 0.717) is 16.2 Å². The maximum Gasteiger partial charge on any atom is 0.321 e. The van der Waals surface area contributed by atoms with E-state index in [9.17, 15) is 4.79 Å². The third-order valence-electron chi connectivity index (χ3n) is 2.83. The molecule has 2 amide bonds. The van der Waals surface area contributed by atoms with Gasteiger partial charge >= 0.3 is 6.03 Å². The summed E-state index contributed by atoms with van der Waals surface area (Å²) in [6.45, 7) is 1.64. The van der Waals surface area contributed by atoms with Gasteiger partial charge in [0, 0.05) is 18.7 Å². The molecule has 0 aromatic heterocycles. The summed E-state index contributed by atoms with van der Waals surface area (Å²) in [5.74, 6) is 0. The van der Waals surface area contributed by atoms with Crippen molar-refractivity contribution in [3.05, 3.63) is 29.8 Å². The molecule has 0 saturated carbocycles. The Balaban J connectivity index is 2.12. The van der Waals surface area contributed by atoms with Crippen LogP contribution < -0.4 is 11.1 Å². The van der Waals surface area contributed by atoms with Gasteiger partial charge in [-0.3, -0.25) is 0 Å². The average molecular weight is 249 g/mol. The summed E-state index contributed by atoms with van der Waals surface area (Å²) in [5.41, 5.74) is 6.99. The number of nitrogens with one attached hydrogen (secondary N) is 1. The van der Waals surface area contributed by atoms with E-state index in [1.807, 2.05) is 24.3 Å². The summed E-state index contributed by atoms with van der Waals surface area (Å²) in [6.07, 6.45) is 2.15. The Hall–Kier alpha value is -1.62. The lowest BCUT2D eigenvalue weighted by molar-refractivity contribution is 0.222. The summed E-state index contributed by atoms with van der Waals surface area (Å²) in [4.78, 5) is 14.0. The number of rotatable bonds is 2. The van der Waals surface area contributed by atoms with Crippen LogP contribution in [0.15, 0.2) is 24.3 Å². The fraction of sp³-hybridized carbons (Fsp3) is 0.333. The van der Waals surface area contributed by atoms with Gasteiger partial charge in [-0.25, -0.2) is 4.79 Å². The highest BCUT2D eigenvalue weighted by Crippen LogP contribution is 2.16. The number of nitrogens with zero attached hydrogens (tertiary/aromatic N) is 1. The highest BCUT2D eigenvalue weighted by atomic mass is 32.1. The Morgan fingerprint density at radius 1 is 1.29 bits per heavy atom. The highest BCUT2D eigenvalue weighted by Gasteiger charge is 2.18. The van der Waals surface area contributed by atoms with Crippen LogP contribution in [0.5, 0.6) is 0 Å². The lowest BCUT2D eigenvalue weighted by Gasteiger charge is -2.17. The van der Waals surface area contributed by atoms with Gasteiger partial charge in [0.25, 0.3) is 0 Å². The van der Waals surface area contributed by atoms with Crippen LogP contribution in [0.25, 0.3) is 0 Å². The van der Waals surface area contributed by atoms with Crippen molar-refractivity contribution in [2.75, 3.05) is 18.4 Å². The zero-order valence-electron chi connectivity index (χ0n) is 9.48. The SMILES string of the molecule is NC(=S)c1ccccc1NC(=O)N1CCCC1. The first kappa shape index (κ1) is 11.9. The van der Waals surface area contributed by atoms with E-state index in [4.69, 9.17) is 18.0 Å². The van der Waals surface area contributed by atoms with Gasteiger partial charge in [0.2, 0.25) is 0 Å². The summed E-state index contributed by atoms with van der Waals surface area (Å²) in [6, 6.07) is 7.23. The Kier molecular flexibility index (Phi) is 3.58. The van der Waals surface area contributed by atoms with Gasteiger partial charge in [-0.1, -0.05) is 24.4 Å². The van der Waals surface area contributed by atoms with Crippen molar-refractivity contribution < 1.29 is 4.79 Å². The quantitative estimate of drug-likeness (QED) is 0.788. The van der Waals surface area contributed by atoms with Crippen molar-refractivity contribution in [1.82, 2.24) is 4.90 Å². The van der Waals surface area contributed by atoms with Crippen LogP contribution in [0.4, 0.5) is 10.5 Å². The van der Waals surface area contributed by atoms with Gasteiger partial charge < -0.3 is 16.0 Å². The van der Waals surface area contributed by atoms with Crippen LogP contribution in [0.2, 0.25) is 0 Å². The van der Waals surface area contributed by atoms with E-state index in [1.165, 1.54) is 0 Å². The molecule has 1 aliphatic heterocycles. The van der Waals surface area contributed by atoms with Gasteiger partial charge in [0.1, 0.15) is 4.99 Å². The number of likely N-dealkylation sites (tertiary alicyclic amines) is 1. The normalized spacial score (nSPS) is 14.7. The van der Waals surface area contributed by atoms with Crippen LogP contribution in [0, 0.1) is 0 Å². The number of para-hydroxylation sites is 1.